The van der Waals surface area contributed by atoms with Gasteiger partial charge in [0.1, 0.15) is 18.3 Å². The molecule has 0 bridgehead atoms. The van der Waals surface area contributed by atoms with Crippen molar-refractivity contribution in [2.75, 3.05) is 0 Å². The van der Waals surface area contributed by atoms with Crippen LogP contribution in [0.4, 0.5) is 39.5 Å². The Morgan fingerprint density at radius 1 is 0.500 bits per heavy atom. The molecule has 0 aromatic heterocycles. The normalized spacial score (nSPS) is 24.2. The molecule has 3 saturated carbocycles. The summed E-state index contributed by atoms with van der Waals surface area (Å²) in [7, 11) is -21.0. The first-order chi connectivity index (χ1) is 30.1. The van der Waals surface area contributed by atoms with Gasteiger partial charge in [-0.2, -0.15) is 73.2 Å². The van der Waals surface area contributed by atoms with E-state index in [0.29, 0.717) is 32.1 Å². The lowest BCUT2D eigenvalue weighted by molar-refractivity contribution is -0.0749. The molecule has 0 spiro atoms. The zero-order valence-corrected chi connectivity index (χ0v) is 37.2. The molecule has 0 radical (unpaired) electrons. The molecule has 2 aromatic rings. The van der Waals surface area contributed by atoms with Gasteiger partial charge in [0.05, 0.1) is 34.3 Å². The monoisotopic (exact) mass is 1050 g/mol. The first-order valence-electron chi connectivity index (χ1n) is 19.1. The van der Waals surface area contributed by atoms with E-state index in [0.717, 1.165) is 18.4 Å². The molecule has 3 aliphatic carbocycles. The molecule has 4 aliphatic rings. The number of alkyl halides is 9. The van der Waals surface area contributed by atoms with Crippen LogP contribution >= 0.6 is 0 Å². The number of aliphatic hydroxyl groups is 3. The van der Waals surface area contributed by atoms with Crippen molar-refractivity contribution in [3.63, 3.8) is 0 Å². The molecule has 66 heavy (non-hydrogen) atoms. The maximum Gasteiger partial charge on any atom is 0.525 e. The second kappa shape index (κ2) is 22.3. The Bertz CT molecular complexity index is 2400. The quantitative estimate of drug-likeness (QED) is 0.129. The van der Waals surface area contributed by atoms with Crippen LogP contribution < -0.4 is 0 Å². The summed E-state index contributed by atoms with van der Waals surface area (Å²) >= 11 is 0. The van der Waals surface area contributed by atoms with Crippen molar-refractivity contribution in [2.24, 2.45) is 0 Å². The van der Waals surface area contributed by atoms with Crippen LogP contribution in [0.5, 0.6) is 0 Å². The molecule has 6 unspecified atom stereocenters. The average Bonchev–Trinajstić information content (AvgIpc) is 3.70. The fraction of sp³-hybridized carbons (Fsp3) is 0.600. The second-order valence-corrected chi connectivity index (χ2v) is 20.8. The van der Waals surface area contributed by atoms with Crippen LogP contribution in [-0.4, -0.2) is 119 Å². The number of aliphatic hydroxyl groups excluding tert-OH is 3. The minimum atomic E-state index is -6.08. The van der Waals surface area contributed by atoms with Gasteiger partial charge in [-0.3, -0.25) is 22.1 Å². The molecule has 3 N–H and O–H groups in total. The first kappa shape index (κ1) is 56.8. The minimum absolute atomic E-state index is 0.122. The van der Waals surface area contributed by atoms with E-state index >= 15 is 0 Å². The van der Waals surface area contributed by atoms with Gasteiger partial charge in [0.15, 0.2) is 0 Å². The molecular weight excluding hydrogens is 1010 g/mol. The lowest BCUT2D eigenvalue weighted by atomic mass is 9.95. The molecular formula is C35H42F9NO17S4. The number of amides is 2. The van der Waals surface area contributed by atoms with Gasteiger partial charge in [-0.15, -0.1) is 9.35 Å². The van der Waals surface area contributed by atoms with Gasteiger partial charge in [0.25, 0.3) is 21.9 Å². The van der Waals surface area contributed by atoms with Gasteiger partial charge in [-0.1, -0.05) is 55.5 Å². The van der Waals surface area contributed by atoms with E-state index in [4.69, 9.17) is 9.29 Å². The average molecular weight is 1050 g/mol. The molecule has 31 heteroatoms. The highest BCUT2D eigenvalue weighted by Crippen LogP contribution is 2.33. The summed E-state index contributed by atoms with van der Waals surface area (Å²) in [5.74, 6) is -2.54. The van der Waals surface area contributed by atoms with Crippen LogP contribution in [0.1, 0.15) is 96.9 Å². The third-order valence-corrected chi connectivity index (χ3v) is 14.0. The largest absolute Gasteiger partial charge is 0.525 e. The number of carbonyl (C=O) groups is 2. The molecule has 6 atom stereocenters. The van der Waals surface area contributed by atoms with Gasteiger partial charge in [0.2, 0.25) is 0 Å². The Morgan fingerprint density at radius 3 is 1.18 bits per heavy atom. The maximum atomic E-state index is 12.1. The number of halogens is 9. The van der Waals surface area contributed by atoms with Crippen LogP contribution in [0.25, 0.3) is 0 Å². The number of aryl methyl sites for hydroxylation is 1. The zero-order valence-electron chi connectivity index (χ0n) is 33.9. The second-order valence-electron chi connectivity index (χ2n) is 14.6. The highest BCUT2D eigenvalue weighted by Gasteiger charge is 2.53. The van der Waals surface area contributed by atoms with Crippen LogP contribution in [0, 0.1) is 6.92 Å². The third-order valence-electron chi connectivity index (χ3n) is 9.59. The number of carbonyl (C=O) groups excluding carboxylic acids is 2. The van der Waals surface area contributed by atoms with Gasteiger partial charge in [-0.05, 0) is 76.1 Å². The van der Waals surface area contributed by atoms with Crippen LogP contribution in [0.2, 0.25) is 0 Å². The van der Waals surface area contributed by atoms with Crippen molar-refractivity contribution in [1.29, 1.82) is 0 Å². The molecule has 18 nitrogen and oxygen atoms in total. The van der Waals surface area contributed by atoms with Crippen molar-refractivity contribution in [3.8, 4) is 0 Å². The number of hydroxylamine groups is 2. The number of hydrogen-bond acceptors (Lipinski definition) is 17. The van der Waals surface area contributed by atoms with Crippen molar-refractivity contribution in [1.82, 2.24) is 5.06 Å². The summed E-state index contributed by atoms with van der Waals surface area (Å²) in [5.41, 5.74) is -16.1. The van der Waals surface area contributed by atoms with E-state index in [1.54, 1.807) is 12.1 Å². The Hall–Kier alpha value is -3.53. The Kier molecular flexibility index (Phi) is 19.2. The molecule has 1 heterocycles. The molecule has 1 aliphatic heterocycles. The number of fused-ring (bicyclic) bond motifs is 1. The number of hydrogen-bond donors (Lipinski definition) is 3. The molecule has 376 valence electrons. The maximum absolute atomic E-state index is 12.1. The SMILES string of the molecule is Cc1ccc(S(=O)(=O)OC2CCCCC2O)cc1.O=C1c2ccccc2C(=O)N1OS(=O)(=O)C(F)(F)F.O=S(=O)(OC1CCCC1O)C(F)(F)F.O=S(=O)(OC1CCCCC1O)C(F)(F)F. The number of imide groups is 1. The van der Waals surface area contributed by atoms with Crippen molar-refractivity contribution in [2.45, 2.75) is 136 Å². The van der Waals surface area contributed by atoms with Gasteiger partial charge in [0, 0.05) is 0 Å². The Balaban J connectivity index is 0.000000235. The van der Waals surface area contributed by atoms with E-state index in [9.17, 15) is 93.0 Å². The van der Waals surface area contributed by atoms with Crippen LogP contribution in [0.15, 0.2) is 53.4 Å². The summed E-state index contributed by atoms with van der Waals surface area (Å²) in [6.45, 7) is 1.89. The summed E-state index contributed by atoms with van der Waals surface area (Å²) in [5, 5.41) is 27.6. The van der Waals surface area contributed by atoms with Crippen molar-refractivity contribution < 1.29 is 115 Å². The standard InChI is InChI=1S/C13H18O4S.C9H4F3NO5S.C7H11F3O4S.C6H9F3O4S/c1-10-6-8-11(9-7-10)18(15,16)17-13-5-3-2-4-12(13)14;10-9(11,12)19(16,17)18-13-7(14)5-3-1-2-4-6(5)8(13)15;8-7(9,10)15(12,13)14-6-4-2-1-3-5(6)11;7-6(8,9)14(11,12)13-5-3-1-2-4(5)10/h6-9,12-14H,2-5H2,1H3;1-4H;5-6,11H,1-4H2;4-5,10H,1-3H2. The predicted molar refractivity (Wildman–Crippen MR) is 205 cm³/mol. The van der Waals surface area contributed by atoms with E-state index in [-0.39, 0.29) is 41.7 Å². The molecule has 3 fully saturated rings. The summed E-state index contributed by atoms with van der Waals surface area (Å²) in [6, 6.07) is 11.6. The lowest BCUT2D eigenvalue weighted by Crippen LogP contribution is -2.38. The van der Waals surface area contributed by atoms with Crippen LogP contribution in [0.3, 0.4) is 0 Å². The summed E-state index contributed by atoms with van der Waals surface area (Å²) < 4.78 is 212. The summed E-state index contributed by atoms with van der Waals surface area (Å²) in [6.07, 6.45) is -0.652. The molecule has 2 amide bonds. The summed E-state index contributed by atoms with van der Waals surface area (Å²) in [4.78, 5) is 23.3. The van der Waals surface area contributed by atoms with E-state index in [1.165, 1.54) is 36.4 Å². The van der Waals surface area contributed by atoms with Gasteiger partial charge >= 0.3 is 46.9 Å². The lowest BCUT2D eigenvalue weighted by Gasteiger charge is -2.26. The Labute approximate surface area is 372 Å². The van der Waals surface area contributed by atoms with Crippen molar-refractivity contribution in [3.05, 3.63) is 65.2 Å². The van der Waals surface area contributed by atoms with E-state index < -0.39 is 110 Å². The van der Waals surface area contributed by atoms with Crippen molar-refractivity contribution >= 4 is 52.3 Å². The highest BCUT2D eigenvalue weighted by molar-refractivity contribution is 7.88. The predicted octanol–water partition coefficient (Wildman–Crippen LogP) is 4.99. The molecule has 2 aromatic carbocycles. The zero-order chi connectivity index (χ0) is 50.3. The molecule has 0 saturated heterocycles. The first-order valence-corrected chi connectivity index (χ1v) is 24.8. The fourth-order valence-corrected chi connectivity index (χ4v) is 9.00. The highest BCUT2D eigenvalue weighted by atomic mass is 32.2. The number of nitrogens with zero attached hydrogens (tertiary/aromatic N) is 1. The topological polar surface area (TPSA) is 272 Å². The van der Waals surface area contributed by atoms with Gasteiger partial charge in [-0.25, -0.2) is 0 Å². The minimum Gasteiger partial charge on any atom is -0.390 e. The Morgan fingerprint density at radius 2 is 0.833 bits per heavy atom. The smallest absolute Gasteiger partial charge is 0.390 e. The van der Waals surface area contributed by atoms with Crippen LogP contribution in [-0.2, 0) is 57.3 Å². The van der Waals surface area contributed by atoms with Gasteiger partial charge < -0.3 is 15.3 Å². The molecule has 6 rings (SSSR count). The van der Waals surface area contributed by atoms with E-state index in [2.05, 4.69) is 12.6 Å². The number of benzene rings is 2. The number of rotatable bonds is 9. The van der Waals surface area contributed by atoms with E-state index in [1.807, 2.05) is 6.92 Å². The fourth-order valence-electron chi connectivity index (χ4n) is 6.13. The third kappa shape index (κ3) is 15.2.